The molecule has 1 N–H and O–H groups in total. The summed E-state index contributed by atoms with van der Waals surface area (Å²) in [4.78, 5) is 25.1. The van der Waals surface area contributed by atoms with Gasteiger partial charge < -0.3 is 19.5 Å². The van der Waals surface area contributed by atoms with Gasteiger partial charge in [-0.3, -0.25) is 0 Å². The maximum absolute atomic E-state index is 14.8. The van der Waals surface area contributed by atoms with Crippen molar-refractivity contribution in [2.45, 2.75) is 65.2 Å². The van der Waals surface area contributed by atoms with E-state index in [2.05, 4.69) is 5.32 Å². The molecule has 0 aliphatic heterocycles. The minimum atomic E-state index is -1.07. The minimum absolute atomic E-state index is 0.00454. The standard InChI is InChI=1S/C24H28ClFINO5/c1-23(2,3)32-21(29)19(28-22(30)33-24(4,5)6)12-14-11-17(26)20(13-18(14)27)31-16-9-7-15(25)8-10-16/h7-11,13,19H,12H2,1-6H3,(H,28,30)/t19-/m1/s1. The molecule has 0 bridgehead atoms. The van der Waals surface area contributed by atoms with Gasteiger partial charge in [0.25, 0.3) is 0 Å². The fourth-order valence-electron chi connectivity index (χ4n) is 2.67. The lowest BCUT2D eigenvalue weighted by Crippen LogP contribution is -2.47. The Morgan fingerprint density at radius 3 is 2.15 bits per heavy atom. The summed E-state index contributed by atoms with van der Waals surface area (Å²) >= 11 is 7.90. The predicted octanol–water partition coefficient (Wildman–Crippen LogP) is 6.65. The lowest BCUT2D eigenvalue weighted by atomic mass is 10.0. The molecule has 1 amide bonds. The van der Waals surface area contributed by atoms with Crippen LogP contribution in [0.25, 0.3) is 0 Å². The highest BCUT2D eigenvalue weighted by Crippen LogP contribution is 2.30. The number of benzene rings is 2. The highest BCUT2D eigenvalue weighted by molar-refractivity contribution is 14.1. The number of carbonyl (C=O) groups excluding carboxylic acids is 2. The minimum Gasteiger partial charge on any atom is -0.458 e. The van der Waals surface area contributed by atoms with Crippen molar-refractivity contribution in [1.82, 2.24) is 5.32 Å². The van der Waals surface area contributed by atoms with E-state index in [1.165, 1.54) is 12.1 Å². The zero-order valence-electron chi connectivity index (χ0n) is 19.4. The topological polar surface area (TPSA) is 73.9 Å². The van der Waals surface area contributed by atoms with Crippen molar-refractivity contribution in [3.63, 3.8) is 0 Å². The van der Waals surface area contributed by atoms with E-state index in [1.54, 1.807) is 65.8 Å². The molecule has 9 heteroatoms. The molecule has 0 saturated carbocycles. The zero-order chi connectivity index (χ0) is 25.0. The molecule has 33 heavy (non-hydrogen) atoms. The van der Waals surface area contributed by atoms with Crippen molar-refractivity contribution in [1.29, 1.82) is 0 Å². The van der Waals surface area contributed by atoms with E-state index in [0.29, 0.717) is 19.9 Å². The molecule has 2 aromatic carbocycles. The lowest BCUT2D eigenvalue weighted by molar-refractivity contribution is -0.157. The van der Waals surface area contributed by atoms with Gasteiger partial charge in [-0.15, -0.1) is 0 Å². The number of esters is 1. The smallest absolute Gasteiger partial charge is 0.408 e. The highest BCUT2D eigenvalue weighted by Gasteiger charge is 2.30. The van der Waals surface area contributed by atoms with Crippen LogP contribution in [0.5, 0.6) is 11.5 Å². The highest BCUT2D eigenvalue weighted by atomic mass is 127. The Kier molecular flexibility index (Phi) is 8.98. The quantitative estimate of drug-likeness (QED) is 0.301. The number of amides is 1. The predicted molar refractivity (Wildman–Crippen MR) is 133 cm³/mol. The number of halogens is 3. The maximum Gasteiger partial charge on any atom is 0.408 e. The Bertz CT molecular complexity index is 1000. The molecule has 0 spiro atoms. The first-order valence-electron chi connectivity index (χ1n) is 10.3. The molecule has 180 valence electrons. The fourth-order valence-corrected chi connectivity index (χ4v) is 3.45. The second-order valence-corrected chi connectivity index (χ2v) is 11.0. The lowest BCUT2D eigenvalue weighted by Gasteiger charge is -2.26. The average Bonchev–Trinajstić information content (AvgIpc) is 2.64. The van der Waals surface area contributed by atoms with E-state index in [1.807, 2.05) is 22.6 Å². The summed E-state index contributed by atoms with van der Waals surface area (Å²) in [5.41, 5.74) is -1.01. The van der Waals surface area contributed by atoms with Gasteiger partial charge in [0, 0.05) is 15.0 Å². The Morgan fingerprint density at radius 2 is 1.61 bits per heavy atom. The molecule has 0 aliphatic rings. The van der Waals surface area contributed by atoms with Gasteiger partial charge in [-0.1, -0.05) is 11.6 Å². The average molecular weight is 592 g/mol. The maximum atomic E-state index is 14.8. The van der Waals surface area contributed by atoms with Gasteiger partial charge in [-0.25, -0.2) is 14.0 Å². The molecule has 2 aromatic rings. The van der Waals surface area contributed by atoms with E-state index in [-0.39, 0.29) is 12.2 Å². The van der Waals surface area contributed by atoms with Crippen LogP contribution < -0.4 is 10.1 Å². The van der Waals surface area contributed by atoms with E-state index < -0.39 is 35.1 Å². The first kappa shape index (κ1) is 27.2. The summed E-state index contributed by atoms with van der Waals surface area (Å²) in [5, 5.41) is 3.09. The van der Waals surface area contributed by atoms with Crippen LogP contribution in [0.2, 0.25) is 5.02 Å². The molecule has 2 rings (SSSR count). The summed E-state index contributed by atoms with van der Waals surface area (Å²) in [5.74, 6) is -0.800. The van der Waals surface area contributed by atoms with Gasteiger partial charge in [0.15, 0.2) is 11.6 Å². The summed E-state index contributed by atoms with van der Waals surface area (Å²) in [7, 11) is 0. The summed E-state index contributed by atoms with van der Waals surface area (Å²) in [6, 6.07) is 8.28. The van der Waals surface area contributed by atoms with Crippen LogP contribution in [-0.2, 0) is 20.7 Å². The van der Waals surface area contributed by atoms with Crippen molar-refractivity contribution in [3.8, 4) is 11.5 Å². The van der Waals surface area contributed by atoms with E-state index in [4.69, 9.17) is 25.8 Å². The van der Waals surface area contributed by atoms with E-state index in [9.17, 15) is 14.0 Å². The monoisotopic (exact) mass is 591 g/mol. The second kappa shape index (κ2) is 10.9. The first-order valence-corrected chi connectivity index (χ1v) is 11.7. The molecule has 0 unspecified atom stereocenters. The van der Waals surface area contributed by atoms with Gasteiger partial charge in [-0.05, 0) is 106 Å². The third-order valence-corrected chi connectivity index (χ3v) is 5.20. The normalized spacial score (nSPS) is 12.6. The fraction of sp³-hybridized carbons (Fsp3) is 0.417. The van der Waals surface area contributed by atoms with Crippen molar-refractivity contribution in [3.05, 3.63) is 56.4 Å². The molecule has 1 atom stereocenters. The number of hydrogen-bond donors (Lipinski definition) is 1. The molecule has 0 saturated heterocycles. The Morgan fingerprint density at radius 1 is 1.03 bits per heavy atom. The number of hydrogen-bond acceptors (Lipinski definition) is 5. The zero-order valence-corrected chi connectivity index (χ0v) is 22.3. The summed E-state index contributed by atoms with van der Waals surface area (Å²) in [6.45, 7) is 10.3. The number of nitrogens with one attached hydrogen (secondary N) is 1. The van der Waals surface area contributed by atoms with Crippen molar-refractivity contribution >= 4 is 46.3 Å². The number of alkyl carbamates (subject to hydrolysis) is 1. The van der Waals surface area contributed by atoms with Crippen LogP contribution in [-0.4, -0.2) is 29.3 Å². The SMILES string of the molecule is CC(C)(C)OC(=O)N[C@H](Cc1cc(F)c(Oc2ccc(Cl)cc2)cc1I)C(=O)OC(C)(C)C. The van der Waals surface area contributed by atoms with Crippen LogP contribution in [0.1, 0.15) is 47.1 Å². The molecular weight excluding hydrogens is 564 g/mol. The molecule has 6 nitrogen and oxygen atoms in total. The number of rotatable bonds is 6. The number of carbonyl (C=O) groups is 2. The van der Waals surface area contributed by atoms with Crippen molar-refractivity contribution in [2.75, 3.05) is 0 Å². The summed E-state index contributed by atoms with van der Waals surface area (Å²) in [6.07, 6.45) is -0.763. The van der Waals surface area contributed by atoms with E-state index in [0.717, 1.165) is 0 Å². The van der Waals surface area contributed by atoms with E-state index >= 15 is 0 Å². The van der Waals surface area contributed by atoms with Crippen LogP contribution in [0, 0.1) is 9.39 Å². The second-order valence-electron chi connectivity index (χ2n) is 9.37. The van der Waals surface area contributed by atoms with Crippen molar-refractivity contribution in [2.24, 2.45) is 0 Å². The molecule has 0 aromatic heterocycles. The van der Waals surface area contributed by atoms with Gasteiger partial charge in [-0.2, -0.15) is 0 Å². The van der Waals surface area contributed by atoms with Gasteiger partial charge >= 0.3 is 12.1 Å². The van der Waals surface area contributed by atoms with Crippen molar-refractivity contribution < 1.29 is 28.2 Å². The largest absolute Gasteiger partial charge is 0.458 e. The van der Waals surface area contributed by atoms with Gasteiger partial charge in [0.1, 0.15) is 23.0 Å². The van der Waals surface area contributed by atoms with Gasteiger partial charge in [0.05, 0.1) is 0 Å². The molecular formula is C24H28ClFINO5. The Labute approximate surface area is 212 Å². The van der Waals surface area contributed by atoms with Crippen LogP contribution in [0.15, 0.2) is 36.4 Å². The number of ether oxygens (including phenoxy) is 3. The summed E-state index contributed by atoms with van der Waals surface area (Å²) < 4.78 is 31.8. The third kappa shape index (κ3) is 9.37. The Hall–Kier alpha value is -2.07. The Balaban J connectivity index is 2.26. The molecule has 0 heterocycles. The van der Waals surface area contributed by atoms with Gasteiger partial charge in [0.2, 0.25) is 0 Å². The molecule has 0 fully saturated rings. The van der Waals surface area contributed by atoms with Crippen LogP contribution >= 0.6 is 34.2 Å². The first-order chi connectivity index (χ1) is 15.1. The molecule has 0 radical (unpaired) electrons. The third-order valence-electron chi connectivity index (χ3n) is 3.95. The van der Waals surface area contributed by atoms with Crippen LogP contribution in [0.4, 0.5) is 9.18 Å². The molecule has 0 aliphatic carbocycles. The van der Waals surface area contributed by atoms with Crippen LogP contribution in [0.3, 0.4) is 0 Å².